The molecule has 12 N–H and O–H groups in total. The molecule has 0 bridgehead atoms. The van der Waals surface area contributed by atoms with E-state index in [-0.39, 0.29) is 18.9 Å². The molecule has 0 aromatic rings. The van der Waals surface area contributed by atoms with Crippen LogP contribution in [0.2, 0.25) is 0 Å². The monoisotopic (exact) mass is 1190 g/mol. The molecule has 0 saturated carbocycles. The lowest BCUT2D eigenvalue weighted by Gasteiger charge is -2.48. The van der Waals surface area contributed by atoms with Crippen molar-refractivity contribution >= 4 is 5.91 Å². The van der Waals surface area contributed by atoms with Crippen molar-refractivity contribution in [2.75, 3.05) is 26.4 Å². The highest BCUT2D eigenvalue weighted by molar-refractivity contribution is 5.76. The molecule has 3 heterocycles. The Balaban J connectivity index is 1.45. The molecule has 3 fully saturated rings. The third-order valence-electron chi connectivity index (χ3n) is 16.4. The van der Waals surface area contributed by atoms with E-state index in [1.165, 1.54) is 141 Å². The zero-order valence-electron chi connectivity index (χ0n) is 50.9. The molecule has 1 amide bonds. The van der Waals surface area contributed by atoms with Crippen LogP contribution in [-0.4, -0.2) is 193 Å². The highest BCUT2D eigenvalue weighted by Gasteiger charge is 2.53. The van der Waals surface area contributed by atoms with Gasteiger partial charge in [0.2, 0.25) is 5.91 Å². The second kappa shape index (κ2) is 47.1. The van der Waals surface area contributed by atoms with E-state index in [9.17, 15) is 61.0 Å². The van der Waals surface area contributed by atoms with Gasteiger partial charge in [-0.3, -0.25) is 4.79 Å². The summed E-state index contributed by atoms with van der Waals surface area (Å²) in [7, 11) is 0. The molecule has 3 saturated heterocycles. The van der Waals surface area contributed by atoms with Crippen molar-refractivity contribution in [1.29, 1.82) is 0 Å². The number of rotatable bonds is 49. The molecule has 0 aromatic carbocycles. The second-order valence-electron chi connectivity index (χ2n) is 23.6. The van der Waals surface area contributed by atoms with Crippen LogP contribution in [0.3, 0.4) is 0 Å². The van der Waals surface area contributed by atoms with E-state index in [0.717, 1.165) is 57.8 Å². The molecule has 0 aromatic heterocycles. The average Bonchev–Trinajstić information content (AvgIpc) is 3.26. The minimum absolute atomic E-state index is 0.225. The Labute approximate surface area is 498 Å². The second-order valence-corrected chi connectivity index (χ2v) is 23.6. The lowest BCUT2D eigenvalue weighted by Crippen LogP contribution is -2.66. The third kappa shape index (κ3) is 30.2. The summed E-state index contributed by atoms with van der Waals surface area (Å²) >= 11 is 0. The van der Waals surface area contributed by atoms with Crippen LogP contribution in [0.15, 0.2) is 36.5 Å². The minimum Gasteiger partial charge on any atom is -0.394 e. The smallest absolute Gasteiger partial charge is 0.220 e. The maximum absolute atomic E-state index is 13.3. The number of carbonyl (C=O) groups is 1. The SMILES string of the molecule is CCCCC/C=C\CCCCCCCC(=O)NC(COC1OC(CO)C(OC2OC(CO)C(OC3OC(CO)C(O)C(O)C3O)C(O)C2O)C(O)C1O)C(O)/C=C/CC/C=C/CCCCCCCCCCCCCCCCCCCCCC. The molecule has 19 nitrogen and oxygen atoms in total. The number of ether oxygens (including phenoxy) is 6. The number of amides is 1. The first-order valence-corrected chi connectivity index (χ1v) is 32.7. The molecule has 17 unspecified atom stereocenters. The summed E-state index contributed by atoms with van der Waals surface area (Å²) in [5.74, 6) is -0.295. The van der Waals surface area contributed by atoms with Crippen LogP contribution >= 0.6 is 0 Å². The molecule has 3 aliphatic rings. The van der Waals surface area contributed by atoms with E-state index in [4.69, 9.17) is 28.4 Å². The van der Waals surface area contributed by atoms with Gasteiger partial charge in [-0.1, -0.05) is 204 Å². The number of unbranched alkanes of at least 4 members (excludes halogenated alkanes) is 29. The van der Waals surface area contributed by atoms with E-state index in [1.807, 2.05) is 6.08 Å². The molecule has 3 rings (SSSR count). The van der Waals surface area contributed by atoms with Crippen molar-refractivity contribution in [1.82, 2.24) is 5.32 Å². The van der Waals surface area contributed by atoms with Crippen molar-refractivity contribution < 1.29 is 89.4 Å². The maximum atomic E-state index is 13.3. The maximum Gasteiger partial charge on any atom is 0.220 e. The van der Waals surface area contributed by atoms with Gasteiger partial charge in [0, 0.05) is 6.42 Å². The summed E-state index contributed by atoms with van der Waals surface area (Å²) in [5, 5.41) is 120. The van der Waals surface area contributed by atoms with Gasteiger partial charge in [0.15, 0.2) is 18.9 Å². The number of hydrogen-bond acceptors (Lipinski definition) is 18. The van der Waals surface area contributed by atoms with Crippen molar-refractivity contribution in [2.45, 2.75) is 336 Å². The predicted octanol–water partition coefficient (Wildman–Crippen LogP) is 7.27. The quantitative estimate of drug-likeness (QED) is 0.0211. The molecular formula is C64H117NO18. The van der Waals surface area contributed by atoms with Crippen molar-refractivity contribution in [3.8, 4) is 0 Å². The van der Waals surface area contributed by atoms with Crippen LogP contribution in [0.4, 0.5) is 0 Å². The van der Waals surface area contributed by atoms with Crippen LogP contribution in [0.5, 0.6) is 0 Å². The standard InChI is InChI=1S/C64H117NO18/c1-3-5-7-9-11-13-15-17-18-19-20-21-22-23-24-25-26-27-28-29-30-31-33-35-37-39-41-48(69)47(65-52(70)42-40-38-36-34-32-16-14-12-10-8-6-4-2)46-78-62-58(76)55(73)60(50(44-67)80-62)83-64-59(77)56(74)61(51(45-68)81-64)82-63-57(75)54(72)53(71)49(43-66)79-63/h12,14,31,33,39,41,47-51,53-64,66-69,71-77H,3-11,13,15-30,32,34-38,40,42-46H2,1-2H3,(H,65,70)/b14-12-,33-31+,41-39+. The molecule has 0 spiro atoms. The molecule has 83 heavy (non-hydrogen) atoms. The van der Waals surface area contributed by atoms with Gasteiger partial charge in [-0.2, -0.15) is 0 Å². The highest BCUT2D eigenvalue weighted by atomic mass is 16.8. The summed E-state index contributed by atoms with van der Waals surface area (Å²) in [6, 6.07) is -0.993. The fourth-order valence-corrected chi connectivity index (χ4v) is 11.0. The number of nitrogens with one attached hydrogen (secondary N) is 1. The molecule has 486 valence electrons. The highest BCUT2D eigenvalue weighted by Crippen LogP contribution is 2.33. The lowest BCUT2D eigenvalue weighted by molar-refractivity contribution is -0.379. The number of allylic oxidation sites excluding steroid dienone is 5. The Hall–Kier alpha value is -1.99. The summed E-state index contributed by atoms with van der Waals surface area (Å²) in [5.41, 5.74) is 0. The van der Waals surface area contributed by atoms with Crippen molar-refractivity contribution in [3.05, 3.63) is 36.5 Å². The van der Waals surface area contributed by atoms with Crippen LogP contribution < -0.4 is 5.32 Å². The topological polar surface area (TPSA) is 307 Å². The van der Waals surface area contributed by atoms with E-state index in [2.05, 4.69) is 43.5 Å². The summed E-state index contributed by atoms with van der Waals surface area (Å²) in [6.07, 6.45) is 25.7. The number of hydrogen-bond donors (Lipinski definition) is 12. The fourth-order valence-electron chi connectivity index (χ4n) is 11.0. The summed E-state index contributed by atoms with van der Waals surface area (Å²) < 4.78 is 34.2. The Morgan fingerprint density at radius 3 is 1.23 bits per heavy atom. The Kier molecular flexibility index (Phi) is 42.7. The summed E-state index contributed by atoms with van der Waals surface area (Å²) in [6.45, 7) is 1.68. The average molecular weight is 1190 g/mol. The third-order valence-corrected chi connectivity index (χ3v) is 16.4. The Bertz CT molecular complexity index is 1660. The molecule has 3 aliphatic heterocycles. The van der Waals surface area contributed by atoms with E-state index in [1.54, 1.807) is 6.08 Å². The van der Waals surface area contributed by atoms with Gasteiger partial charge in [-0.05, 0) is 57.8 Å². The Morgan fingerprint density at radius 1 is 0.422 bits per heavy atom. The minimum atomic E-state index is -1.98. The zero-order valence-corrected chi connectivity index (χ0v) is 50.9. The van der Waals surface area contributed by atoms with Crippen molar-refractivity contribution in [3.63, 3.8) is 0 Å². The zero-order chi connectivity index (χ0) is 60.5. The number of aliphatic hydroxyl groups excluding tert-OH is 11. The van der Waals surface area contributed by atoms with Gasteiger partial charge in [-0.25, -0.2) is 0 Å². The molecule has 17 atom stereocenters. The normalized spacial score (nSPS) is 29.6. The van der Waals surface area contributed by atoms with Gasteiger partial charge < -0.3 is 89.9 Å². The number of carbonyl (C=O) groups excluding carboxylic acids is 1. The largest absolute Gasteiger partial charge is 0.394 e. The fraction of sp³-hybridized carbons (Fsp3) is 0.891. The van der Waals surface area contributed by atoms with Crippen molar-refractivity contribution in [2.24, 2.45) is 0 Å². The predicted molar refractivity (Wildman–Crippen MR) is 319 cm³/mol. The van der Waals surface area contributed by atoms with Crippen LogP contribution in [0, 0.1) is 0 Å². The first-order chi connectivity index (χ1) is 40.3. The first-order valence-electron chi connectivity index (χ1n) is 32.7. The van der Waals surface area contributed by atoms with Crippen LogP contribution in [-0.2, 0) is 33.2 Å². The van der Waals surface area contributed by atoms with Gasteiger partial charge >= 0.3 is 0 Å². The van der Waals surface area contributed by atoms with E-state index < -0.39 is 124 Å². The molecular weight excluding hydrogens is 1070 g/mol. The number of aliphatic hydroxyl groups is 11. The molecule has 0 aliphatic carbocycles. The van der Waals surface area contributed by atoms with Gasteiger partial charge in [0.25, 0.3) is 0 Å². The summed E-state index contributed by atoms with van der Waals surface area (Å²) in [4.78, 5) is 13.3. The Morgan fingerprint density at radius 2 is 0.771 bits per heavy atom. The van der Waals surface area contributed by atoms with Gasteiger partial charge in [0.05, 0.1) is 38.6 Å². The van der Waals surface area contributed by atoms with Crippen LogP contribution in [0.25, 0.3) is 0 Å². The molecule has 19 heteroatoms. The molecule has 0 radical (unpaired) electrons. The van der Waals surface area contributed by atoms with Gasteiger partial charge in [-0.15, -0.1) is 0 Å². The van der Waals surface area contributed by atoms with E-state index >= 15 is 0 Å². The lowest BCUT2D eigenvalue weighted by atomic mass is 9.96. The van der Waals surface area contributed by atoms with Crippen LogP contribution in [0.1, 0.15) is 232 Å². The van der Waals surface area contributed by atoms with E-state index in [0.29, 0.717) is 12.8 Å². The van der Waals surface area contributed by atoms with Gasteiger partial charge in [0.1, 0.15) is 73.2 Å². The first kappa shape index (κ1) is 75.3.